The highest BCUT2D eigenvalue weighted by molar-refractivity contribution is 7.09. The van der Waals surface area contributed by atoms with Gasteiger partial charge < -0.3 is 5.11 Å². The molecule has 100 valence electrons. The van der Waals surface area contributed by atoms with Crippen LogP contribution < -0.4 is 0 Å². The van der Waals surface area contributed by atoms with E-state index < -0.39 is 0 Å². The second kappa shape index (κ2) is 5.77. The predicted molar refractivity (Wildman–Crippen MR) is 74.9 cm³/mol. The first-order valence-corrected chi connectivity index (χ1v) is 7.40. The van der Waals surface area contributed by atoms with Gasteiger partial charge in [0.2, 0.25) is 0 Å². The normalized spacial score (nSPS) is 23.8. The van der Waals surface area contributed by atoms with Crippen LogP contribution in [0.1, 0.15) is 17.0 Å². The third-order valence-electron chi connectivity index (χ3n) is 3.64. The van der Waals surface area contributed by atoms with Gasteiger partial charge in [0, 0.05) is 36.6 Å². The lowest BCUT2D eigenvalue weighted by Gasteiger charge is -2.25. The van der Waals surface area contributed by atoms with Gasteiger partial charge in [-0.25, -0.2) is 4.98 Å². The lowest BCUT2D eigenvalue weighted by molar-refractivity contribution is 0.112. The number of likely N-dealkylation sites (tertiary alicyclic amines) is 1. The molecule has 0 spiro atoms. The van der Waals surface area contributed by atoms with Gasteiger partial charge in [0.1, 0.15) is 5.01 Å². The number of aliphatic hydroxyl groups is 1. The fourth-order valence-electron chi connectivity index (χ4n) is 2.63. The minimum atomic E-state index is -0.242. The summed E-state index contributed by atoms with van der Waals surface area (Å²) in [5.41, 5.74) is 1.23. The van der Waals surface area contributed by atoms with Crippen molar-refractivity contribution in [2.24, 2.45) is 0 Å². The number of hydrogen-bond donors (Lipinski definition) is 1. The molecule has 0 amide bonds. The lowest BCUT2D eigenvalue weighted by Crippen LogP contribution is -2.36. The zero-order valence-corrected chi connectivity index (χ0v) is 11.5. The van der Waals surface area contributed by atoms with Crippen molar-refractivity contribution in [1.82, 2.24) is 14.9 Å². The maximum absolute atomic E-state index is 10.2. The van der Waals surface area contributed by atoms with Crippen molar-refractivity contribution in [1.29, 1.82) is 0 Å². The summed E-state index contributed by atoms with van der Waals surface area (Å²) in [7, 11) is 0. The second-order valence-corrected chi connectivity index (χ2v) is 5.86. The molecule has 1 aliphatic rings. The van der Waals surface area contributed by atoms with Gasteiger partial charge in [-0.15, -0.1) is 11.3 Å². The molecule has 0 bridgehead atoms. The Bertz CT molecular complexity index is 503. The van der Waals surface area contributed by atoms with E-state index in [1.165, 1.54) is 5.56 Å². The van der Waals surface area contributed by atoms with E-state index in [1.54, 1.807) is 11.3 Å². The molecule has 1 aliphatic heterocycles. The Balaban J connectivity index is 1.70. The van der Waals surface area contributed by atoms with Crippen molar-refractivity contribution in [3.8, 4) is 0 Å². The van der Waals surface area contributed by atoms with Gasteiger partial charge in [0.15, 0.2) is 0 Å². The van der Waals surface area contributed by atoms with Gasteiger partial charge in [-0.05, 0) is 30.5 Å². The van der Waals surface area contributed by atoms with Gasteiger partial charge in [0.25, 0.3) is 0 Å². The molecule has 5 heteroatoms. The first kappa shape index (κ1) is 12.7. The van der Waals surface area contributed by atoms with E-state index in [1.807, 2.05) is 36.1 Å². The van der Waals surface area contributed by atoms with Crippen molar-refractivity contribution in [2.75, 3.05) is 6.54 Å². The van der Waals surface area contributed by atoms with E-state index in [2.05, 4.69) is 14.9 Å². The first-order valence-electron chi connectivity index (χ1n) is 6.52. The molecular weight excluding hydrogens is 258 g/mol. The molecule has 1 saturated heterocycles. The van der Waals surface area contributed by atoms with Crippen LogP contribution in [0.5, 0.6) is 0 Å². The Morgan fingerprint density at radius 2 is 2.16 bits per heavy atom. The Kier molecular flexibility index (Phi) is 3.87. The molecule has 1 fully saturated rings. The summed E-state index contributed by atoms with van der Waals surface area (Å²) in [4.78, 5) is 10.7. The molecule has 19 heavy (non-hydrogen) atoms. The number of aliphatic hydroxyl groups excluding tert-OH is 1. The fourth-order valence-corrected chi connectivity index (χ4v) is 3.27. The van der Waals surface area contributed by atoms with Crippen molar-refractivity contribution in [3.63, 3.8) is 0 Å². The third-order valence-corrected chi connectivity index (χ3v) is 4.41. The average molecular weight is 275 g/mol. The van der Waals surface area contributed by atoms with Gasteiger partial charge in [0.05, 0.1) is 12.6 Å². The summed E-state index contributed by atoms with van der Waals surface area (Å²) in [6, 6.07) is 4.23. The van der Waals surface area contributed by atoms with E-state index >= 15 is 0 Å². The number of hydrogen-bond acceptors (Lipinski definition) is 5. The maximum Gasteiger partial charge on any atom is 0.107 e. The van der Waals surface area contributed by atoms with Gasteiger partial charge in [-0.1, -0.05) is 0 Å². The average Bonchev–Trinajstić information content (AvgIpc) is 3.05. The third kappa shape index (κ3) is 3.00. The van der Waals surface area contributed by atoms with Crippen molar-refractivity contribution in [2.45, 2.75) is 31.5 Å². The zero-order chi connectivity index (χ0) is 13.1. The molecule has 2 aromatic rings. The molecule has 4 nitrogen and oxygen atoms in total. The summed E-state index contributed by atoms with van der Waals surface area (Å²) in [6.07, 6.45) is 6.93. The smallest absolute Gasteiger partial charge is 0.107 e. The summed E-state index contributed by atoms with van der Waals surface area (Å²) in [6.45, 7) is 1.78. The number of pyridine rings is 1. The van der Waals surface area contributed by atoms with Gasteiger partial charge in [-0.3, -0.25) is 9.88 Å². The van der Waals surface area contributed by atoms with Crippen LogP contribution in [0.2, 0.25) is 0 Å². The number of thiazole rings is 1. The number of nitrogens with zero attached hydrogens (tertiary/aromatic N) is 3. The molecule has 3 rings (SSSR count). The van der Waals surface area contributed by atoms with Gasteiger partial charge in [-0.2, -0.15) is 0 Å². The van der Waals surface area contributed by atoms with Crippen LogP contribution >= 0.6 is 11.3 Å². The molecule has 0 saturated carbocycles. The highest BCUT2D eigenvalue weighted by Gasteiger charge is 2.32. The highest BCUT2D eigenvalue weighted by Crippen LogP contribution is 2.24. The fraction of sp³-hybridized carbons (Fsp3) is 0.429. The second-order valence-electron chi connectivity index (χ2n) is 4.88. The number of rotatable bonds is 4. The lowest BCUT2D eigenvalue weighted by atomic mass is 10.0. The summed E-state index contributed by atoms with van der Waals surface area (Å²) in [5, 5.41) is 13.3. The molecule has 2 atom stereocenters. The van der Waals surface area contributed by atoms with Crippen LogP contribution in [0.15, 0.2) is 36.1 Å². The summed E-state index contributed by atoms with van der Waals surface area (Å²) < 4.78 is 0. The monoisotopic (exact) mass is 275 g/mol. The van der Waals surface area contributed by atoms with Crippen molar-refractivity contribution < 1.29 is 5.11 Å². The summed E-state index contributed by atoms with van der Waals surface area (Å²) in [5.74, 6) is 0. The van der Waals surface area contributed by atoms with Crippen LogP contribution in [-0.2, 0) is 13.0 Å². The molecular formula is C14H17N3OS. The standard InChI is InChI=1S/C14H17N3OS/c18-13-3-7-17(10-14-16-6-8-19-14)12(13)9-11-1-4-15-5-2-11/h1-2,4-6,8,12-13,18H,3,7,9-10H2/t12-,13-/m1/s1. The van der Waals surface area contributed by atoms with Crippen LogP contribution in [0.3, 0.4) is 0 Å². The van der Waals surface area contributed by atoms with Crippen LogP contribution in [-0.4, -0.2) is 38.7 Å². The largest absolute Gasteiger partial charge is 0.391 e. The minimum Gasteiger partial charge on any atom is -0.391 e. The maximum atomic E-state index is 10.2. The first-order chi connectivity index (χ1) is 9.33. The van der Waals surface area contributed by atoms with E-state index in [9.17, 15) is 5.11 Å². The van der Waals surface area contributed by atoms with Crippen LogP contribution in [0.4, 0.5) is 0 Å². The Labute approximate surface area is 116 Å². The SMILES string of the molecule is O[C@@H]1CCN(Cc2nccs2)[C@@H]1Cc1ccncc1. The molecule has 1 N–H and O–H groups in total. The number of aromatic nitrogens is 2. The van der Waals surface area contributed by atoms with Crippen molar-refractivity contribution >= 4 is 11.3 Å². The molecule has 0 unspecified atom stereocenters. The Morgan fingerprint density at radius 3 is 2.89 bits per heavy atom. The molecule has 0 aliphatic carbocycles. The molecule has 0 radical (unpaired) electrons. The van der Waals surface area contributed by atoms with Crippen LogP contribution in [0.25, 0.3) is 0 Å². The highest BCUT2D eigenvalue weighted by atomic mass is 32.1. The summed E-state index contributed by atoms with van der Waals surface area (Å²) >= 11 is 1.67. The Hall–Kier alpha value is -1.30. The molecule has 3 heterocycles. The van der Waals surface area contributed by atoms with Crippen LogP contribution in [0, 0.1) is 0 Å². The van der Waals surface area contributed by atoms with Crippen molar-refractivity contribution in [3.05, 3.63) is 46.7 Å². The van der Waals surface area contributed by atoms with E-state index in [-0.39, 0.29) is 12.1 Å². The van der Waals surface area contributed by atoms with E-state index in [0.29, 0.717) is 0 Å². The minimum absolute atomic E-state index is 0.186. The predicted octanol–water partition coefficient (Wildman–Crippen LogP) is 1.72. The van der Waals surface area contributed by atoms with E-state index in [4.69, 9.17) is 0 Å². The zero-order valence-electron chi connectivity index (χ0n) is 10.6. The quantitative estimate of drug-likeness (QED) is 0.923. The molecule has 0 aromatic carbocycles. The Morgan fingerprint density at radius 1 is 1.32 bits per heavy atom. The van der Waals surface area contributed by atoms with Gasteiger partial charge >= 0.3 is 0 Å². The topological polar surface area (TPSA) is 49.2 Å². The van der Waals surface area contributed by atoms with E-state index in [0.717, 1.165) is 30.9 Å². The molecule has 2 aromatic heterocycles.